The second-order valence-electron chi connectivity index (χ2n) is 5.22. The molecule has 1 aliphatic heterocycles. The molecule has 1 unspecified atom stereocenters. The molecular weight excluding hydrogens is 394 g/mol. The third kappa shape index (κ3) is 3.17. The zero-order valence-corrected chi connectivity index (χ0v) is 15.0. The largest absolute Gasteiger partial charge is 0.493 e. The Morgan fingerprint density at radius 2 is 2.05 bits per heavy atom. The van der Waals surface area contributed by atoms with Crippen molar-refractivity contribution in [1.82, 2.24) is 5.32 Å². The molecule has 1 heterocycles. The Hall–Kier alpha value is -0.840. The average Bonchev–Trinajstić information content (AvgIpc) is 2.93. The summed E-state index contributed by atoms with van der Waals surface area (Å²) < 4.78 is 8.10. The van der Waals surface area contributed by atoms with E-state index < -0.39 is 0 Å². The molecule has 0 fully saturated rings. The van der Waals surface area contributed by atoms with Crippen molar-refractivity contribution < 1.29 is 4.74 Å². The molecule has 4 heteroatoms. The molecule has 0 amide bonds. The molecule has 0 spiro atoms. The summed E-state index contributed by atoms with van der Waals surface area (Å²) in [5, 5.41) is 3.42. The molecule has 2 nitrogen and oxygen atoms in total. The highest BCUT2D eigenvalue weighted by Crippen LogP contribution is 2.36. The molecule has 2 aromatic rings. The van der Waals surface area contributed by atoms with Gasteiger partial charge in [0.05, 0.1) is 6.61 Å². The number of likely N-dealkylation sites (N-methyl/N-ethyl adjacent to an activating group) is 1. The third-order valence-electron chi connectivity index (χ3n) is 3.88. The first-order valence-electron chi connectivity index (χ1n) is 7.05. The van der Waals surface area contributed by atoms with Crippen molar-refractivity contribution in [3.63, 3.8) is 0 Å². The summed E-state index contributed by atoms with van der Waals surface area (Å²) in [6, 6.07) is 12.9. The Morgan fingerprint density at radius 1 is 1.24 bits per heavy atom. The van der Waals surface area contributed by atoms with Crippen LogP contribution >= 0.6 is 31.9 Å². The maximum atomic E-state index is 5.84. The molecule has 0 aliphatic carbocycles. The second kappa shape index (κ2) is 6.51. The lowest BCUT2D eigenvalue weighted by atomic mass is 9.97. The van der Waals surface area contributed by atoms with Crippen LogP contribution < -0.4 is 10.1 Å². The van der Waals surface area contributed by atoms with Gasteiger partial charge in [0.25, 0.3) is 0 Å². The van der Waals surface area contributed by atoms with Gasteiger partial charge >= 0.3 is 0 Å². The van der Waals surface area contributed by atoms with Crippen molar-refractivity contribution in [2.24, 2.45) is 0 Å². The van der Waals surface area contributed by atoms with Gasteiger partial charge in [0.15, 0.2) is 0 Å². The van der Waals surface area contributed by atoms with Crippen LogP contribution in [-0.4, -0.2) is 13.7 Å². The fraction of sp³-hybridized carbons (Fsp3) is 0.294. The van der Waals surface area contributed by atoms with Crippen molar-refractivity contribution >= 4 is 31.9 Å². The zero-order valence-electron chi connectivity index (χ0n) is 11.8. The maximum absolute atomic E-state index is 5.84. The Bertz CT molecular complexity index is 657. The molecule has 1 atom stereocenters. The first-order valence-corrected chi connectivity index (χ1v) is 8.63. The second-order valence-corrected chi connectivity index (χ2v) is 6.99. The van der Waals surface area contributed by atoms with Gasteiger partial charge in [-0.2, -0.15) is 0 Å². The number of benzene rings is 2. The fourth-order valence-corrected chi connectivity index (χ4v) is 3.96. The van der Waals surface area contributed by atoms with Crippen LogP contribution in [0.1, 0.15) is 22.7 Å². The first kappa shape index (κ1) is 15.1. The Labute approximate surface area is 142 Å². The molecule has 0 radical (unpaired) electrons. The van der Waals surface area contributed by atoms with Gasteiger partial charge in [-0.1, -0.05) is 50.1 Å². The summed E-state index contributed by atoms with van der Waals surface area (Å²) in [6.07, 6.45) is 1.90. The van der Waals surface area contributed by atoms with Crippen LogP contribution in [0.4, 0.5) is 0 Å². The highest BCUT2D eigenvalue weighted by Gasteiger charge is 2.21. The lowest BCUT2D eigenvalue weighted by Gasteiger charge is -2.20. The number of halogens is 2. The molecule has 21 heavy (non-hydrogen) atoms. The number of nitrogens with one attached hydrogen (secondary N) is 1. The number of fused-ring (bicyclic) bond motifs is 1. The Balaban J connectivity index is 1.94. The van der Waals surface area contributed by atoms with Crippen molar-refractivity contribution in [1.29, 1.82) is 0 Å². The smallest absolute Gasteiger partial charge is 0.125 e. The van der Waals surface area contributed by atoms with Gasteiger partial charge < -0.3 is 10.1 Å². The standard InChI is InChI=1S/C17H17Br2NO/c1-20-16(14-4-2-3-5-15(14)19)10-12-9-13(18)8-11-6-7-21-17(11)12/h2-5,8-9,16,20H,6-7,10H2,1H3. The van der Waals surface area contributed by atoms with Crippen LogP contribution in [0.2, 0.25) is 0 Å². The van der Waals surface area contributed by atoms with Crippen molar-refractivity contribution in [3.05, 3.63) is 62.0 Å². The zero-order chi connectivity index (χ0) is 14.8. The number of ether oxygens (including phenoxy) is 1. The summed E-state index contributed by atoms with van der Waals surface area (Å²) in [5.74, 6) is 1.07. The molecule has 1 aliphatic rings. The van der Waals surface area contributed by atoms with E-state index >= 15 is 0 Å². The van der Waals surface area contributed by atoms with Crippen LogP contribution in [0.25, 0.3) is 0 Å². The number of rotatable bonds is 4. The quantitative estimate of drug-likeness (QED) is 0.791. The Morgan fingerprint density at radius 3 is 2.81 bits per heavy atom. The summed E-state index contributed by atoms with van der Waals surface area (Å²) in [5.41, 5.74) is 3.83. The van der Waals surface area contributed by atoms with Gasteiger partial charge in [-0.25, -0.2) is 0 Å². The predicted octanol–water partition coefficient (Wildman–Crippen LogP) is 4.65. The van der Waals surface area contributed by atoms with Crippen LogP contribution in [0.15, 0.2) is 45.3 Å². The minimum atomic E-state index is 0.253. The number of hydrogen-bond acceptors (Lipinski definition) is 2. The summed E-state index contributed by atoms with van der Waals surface area (Å²) in [6.45, 7) is 0.790. The van der Waals surface area contributed by atoms with E-state index in [1.807, 2.05) is 13.1 Å². The summed E-state index contributed by atoms with van der Waals surface area (Å²) >= 11 is 7.26. The van der Waals surface area contributed by atoms with Gasteiger partial charge in [-0.05, 0) is 48.4 Å². The van der Waals surface area contributed by atoms with E-state index in [9.17, 15) is 0 Å². The molecule has 110 valence electrons. The van der Waals surface area contributed by atoms with E-state index in [2.05, 4.69) is 67.5 Å². The molecule has 0 saturated heterocycles. The van der Waals surface area contributed by atoms with E-state index in [1.165, 1.54) is 16.7 Å². The fourth-order valence-electron chi connectivity index (χ4n) is 2.84. The molecule has 0 bridgehead atoms. The Kier molecular flexibility index (Phi) is 4.67. The van der Waals surface area contributed by atoms with Crippen LogP contribution in [0, 0.1) is 0 Å². The van der Waals surface area contributed by atoms with Gasteiger partial charge in [0.1, 0.15) is 5.75 Å². The molecule has 0 saturated carbocycles. The first-order chi connectivity index (χ1) is 10.2. The van der Waals surface area contributed by atoms with Crippen molar-refractivity contribution in [2.75, 3.05) is 13.7 Å². The van der Waals surface area contributed by atoms with E-state index in [1.54, 1.807) is 0 Å². The van der Waals surface area contributed by atoms with Gasteiger partial charge in [0.2, 0.25) is 0 Å². The summed E-state index contributed by atoms with van der Waals surface area (Å²) in [7, 11) is 2.00. The minimum absolute atomic E-state index is 0.253. The van der Waals surface area contributed by atoms with E-state index in [0.717, 1.165) is 34.1 Å². The lowest BCUT2D eigenvalue weighted by Crippen LogP contribution is -2.19. The highest BCUT2D eigenvalue weighted by molar-refractivity contribution is 9.10. The summed E-state index contributed by atoms with van der Waals surface area (Å²) in [4.78, 5) is 0. The van der Waals surface area contributed by atoms with Crippen LogP contribution in [0.5, 0.6) is 5.75 Å². The molecule has 2 aromatic carbocycles. The average molecular weight is 411 g/mol. The normalized spacial score (nSPS) is 14.6. The minimum Gasteiger partial charge on any atom is -0.493 e. The van der Waals surface area contributed by atoms with E-state index in [4.69, 9.17) is 4.74 Å². The molecule has 0 aromatic heterocycles. The predicted molar refractivity (Wildman–Crippen MR) is 93.0 cm³/mol. The van der Waals surface area contributed by atoms with Crippen molar-refractivity contribution in [2.45, 2.75) is 18.9 Å². The highest BCUT2D eigenvalue weighted by atomic mass is 79.9. The monoisotopic (exact) mass is 409 g/mol. The number of hydrogen-bond donors (Lipinski definition) is 1. The molecular formula is C17H17Br2NO. The van der Waals surface area contributed by atoms with E-state index in [-0.39, 0.29) is 6.04 Å². The third-order valence-corrected chi connectivity index (χ3v) is 5.06. The van der Waals surface area contributed by atoms with Gasteiger partial charge in [-0.15, -0.1) is 0 Å². The molecule has 3 rings (SSSR count). The van der Waals surface area contributed by atoms with Gasteiger partial charge in [0, 0.05) is 21.4 Å². The lowest BCUT2D eigenvalue weighted by molar-refractivity contribution is 0.352. The van der Waals surface area contributed by atoms with Crippen LogP contribution in [-0.2, 0) is 12.8 Å². The molecule has 1 N–H and O–H groups in total. The SMILES string of the molecule is CNC(Cc1cc(Br)cc2c1OCC2)c1ccccc1Br. The van der Waals surface area contributed by atoms with Crippen molar-refractivity contribution in [3.8, 4) is 5.75 Å². The van der Waals surface area contributed by atoms with E-state index in [0.29, 0.717) is 0 Å². The maximum Gasteiger partial charge on any atom is 0.125 e. The topological polar surface area (TPSA) is 21.3 Å². The van der Waals surface area contributed by atoms with Crippen LogP contribution in [0.3, 0.4) is 0 Å². The van der Waals surface area contributed by atoms with Gasteiger partial charge in [-0.3, -0.25) is 0 Å².